The predicted octanol–water partition coefficient (Wildman–Crippen LogP) is 3.13. The Labute approximate surface area is 159 Å². The molecule has 27 heavy (non-hydrogen) atoms. The highest BCUT2D eigenvalue weighted by molar-refractivity contribution is 5.79. The summed E-state index contributed by atoms with van der Waals surface area (Å²) in [5.41, 5.74) is 1.83. The summed E-state index contributed by atoms with van der Waals surface area (Å²) >= 11 is 0. The van der Waals surface area contributed by atoms with Gasteiger partial charge < -0.3 is 9.32 Å². The van der Waals surface area contributed by atoms with Gasteiger partial charge in [-0.3, -0.25) is 9.69 Å². The highest BCUT2D eigenvalue weighted by Gasteiger charge is 2.35. The third-order valence-corrected chi connectivity index (χ3v) is 5.39. The van der Waals surface area contributed by atoms with Gasteiger partial charge in [0.1, 0.15) is 11.8 Å². The van der Waals surface area contributed by atoms with Gasteiger partial charge in [-0.25, -0.2) is 4.98 Å². The fourth-order valence-electron chi connectivity index (χ4n) is 3.69. The number of benzene rings is 1. The molecule has 2 aliphatic rings. The van der Waals surface area contributed by atoms with E-state index >= 15 is 0 Å². The molecule has 140 valence electrons. The molecule has 1 aromatic heterocycles. The van der Waals surface area contributed by atoms with E-state index in [9.17, 15) is 10.1 Å². The van der Waals surface area contributed by atoms with Crippen LogP contribution in [0.3, 0.4) is 0 Å². The number of likely N-dealkylation sites (tertiary alicyclic amines) is 1. The average Bonchev–Trinajstić information content (AvgIpc) is 3.31. The number of oxazole rings is 1. The topological polar surface area (TPSA) is 73.4 Å². The Morgan fingerprint density at radius 1 is 1.33 bits per heavy atom. The lowest BCUT2D eigenvalue weighted by Crippen LogP contribution is -2.43. The van der Waals surface area contributed by atoms with E-state index in [4.69, 9.17) is 4.42 Å². The molecule has 2 fully saturated rings. The second-order valence-corrected chi connectivity index (χ2v) is 7.40. The molecule has 0 N–H and O–H groups in total. The normalized spacial score (nSPS) is 19.4. The maximum atomic E-state index is 12.7. The number of carbonyl (C=O) groups is 1. The Balaban J connectivity index is 1.47. The molecule has 4 rings (SSSR count). The number of nitrogens with zero attached hydrogens (tertiary/aromatic N) is 4. The summed E-state index contributed by atoms with van der Waals surface area (Å²) < 4.78 is 5.86. The molecular weight excluding hydrogens is 340 g/mol. The summed E-state index contributed by atoms with van der Waals surface area (Å²) in [7, 11) is 0. The van der Waals surface area contributed by atoms with Crippen LogP contribution in [0, 0.1) is 18.3 Å². The third-order valence-electron chi connectivity index (χ3n) is 5.39. The molecular formula is C21H24N4O2. The van der Waals surface area contributed by atoms with Gasteiger partial charge in [-0.15, -0.1) is 0 Å². The summed E-state index contributed by atoms with van der Waals surface area (Å²) in [6.45, 7) is 3.56. The Morgan fingerprint density at radius 3 is 2.81 bits per heavy atom. The van der Waals surface area contributed by atoms with E-state index < -0.39 is 0 Å². The molecule has 1 atom stereocenters. The minimum atomic E-state index is -0.267. The fraction of sp³-hybridized carbons (Fsp3) is 0.476. The number of carbonyl (C=O) groups excluding carboxylic acids is 1. The number of nitriles is 1. The lowest BCUT2D eigenvalue weighted by atomic mass is 10.2. The second kappa shape index (κ2) is 7.53. The molecule has 0 radical (unpaired) electrons. The molecule has 6 heteroatoms. The van der Waals surface area contributed by atoms with Crippen LogP contribution in [0.4, 0.5) is 0 Å². The van der Waals surface area contributed by atoms with Crippen molar-refractivity contribution in [3.8, 4) is 17.5 Å². The van der Waals surface area contributed by atoms with E-state index in [1.54, 1.807) is 4.90 Å². The largest absolute Gasteiger partial charge is 0.441 e. The summed E-state index contributed by atoms with van der Waals surface area (Å²) in [6.07, 6.45) is 3.92. The van der Waals surface area contributed by atoms with E-state index in [1.807, 2.05) is 37.3 Å². The third kappa shape index (κ3) is 3.88. The molecule has 1 aromatic carbocycles. The van der Waals surface area contributed by atoms with Gasteiger partial charge in [0.05, 0.1) is 18.3 Å². The maximum absolute atomic E-state index is 12.7. The molecule has 1 aliphatic carbocycles. The van der Waals surface area contributed by atoms with Gasteiger partial charge in [-0.2, -0.15) is 5.26 Å². The number of rotatable bonds is 6. The van der Waals surface area contributed by atoms with Crippen molar-refractivity contribution in [2.75, 3.05) is 13.1 Å². The van der Waals surface area contributed by atoms with Crippen LogP contribution in [0.15, 0.2) is 34.7 Å². The monoisotopic (exact) mass is 364 g/mol. The van der Waals surface area contributed by atoms with Crippen LogP contribution >= 0.6 is 0 Å². The van der Waals surface area contributed by atoms with Gasteiger partial charge in [-0.1, -0.05) is 18.2 Å². The molecule has 1 amide bonds. The predicted molar refractivity (Wildman–Crippen MR) is 100 cm³/mol. The van der Waals surface area contributed by atoms with Crippen molar-refractivity contribution in [3.05, 3.63) is 41.8 Å². The Bertz CT molecular complexity index is 851. The van der Waals surface area contributed by atoms with Gasteiger partial charge in [-0.05, 0) is 44.7 Å². The first kappa shape index (κ1) is 17.7. The fourth-order valence-corrected chi connectivity index (χ4v) is 3.69. The zero-order valence-electron chi connectivity index (χ0n) is 15.6. The summed E-state index contributed by atoms with van der Waals surface area (Å²) in [5, 5.41) is 9.24. The van der Waals surface area contributed by atoms with Crippen LogP contribution < -0.4 is 0 Å². The van der Waals surface area contributed by atoms with Crippen molar-refractivity contribution in [2.45, 2.75) is 51.2 Å². The van der Waals surface area contributed by atoms with Crippen molar-refractivity contribution in [1.82, 2.24) is 14.8 Å². The van der Waals surface area contributed by atoms with E-state index in [-0.39, 0.29) is 11.9 Å². The van der Waals surface area contributed by atoms with E-state index in [1.165, 1.54) is 0 Å². The van der Waals surface area contributed by atoms with Crippen molar-refractivity contribution in [3.63, 3.8) is 0 Å². The quantitative estimate of drug-likeness (QED) is 0.787. The number of aryl methyl sites for hydroxylation is 1. The first-order chi connectivity index (χ1) is 13.2. The van der Waals surface area contributed by atoms with Crippen molar-refractivity contribution in [2.24, 2.45) is 0 Å². The van der Waals surface area contributed by atoms with E-state index in [0.717, 1.165) is 42.7 Å². The molecule has 2 aromatic rings. The van der Waals surface area contributed by atoms with Crippen molar-refractivity contribution >= 4 is 5.91 Å². The minimum Gasteiger partial charge on any atom is -0.441 e. The summed E-state index contributed by atoms with van der Waals surface area (Å²) in [6, 6.07) is 12.3. The van der Waals surface area contributed by atoms with Crippen LogP contribution in [0.5, 0.6) is 0 Å². The van der Waals surface area contributed by atoms with Crippen molar-refractivity contribution < 1.29 is 9.21 Å². The lowest BCUT2D eigenvalue weighted by molar-refractivity contribution is -0.132. The first-order valence-corrected chi connectivity index (χ1v) is 9.60. The van der Waals surface area contributed by atoms with E-state index in [2.05, 4.69) is 16.0 Å². The van der Waals surface area contributed by atoms with Crippen LogP contribution in [0.25, 0.3) is 11.5 Å². The molecule has 1 saturated heterocycles. The Kier molecular flexibility index (Phi) is 4.95. The van der Waals surface area contributed by atoms with Crippen LogP contribution in [-0.4, -0.2) is 45.9 Å². The number of hydrogen-bond donors (Lipinski definition) is 0. The number of amides is 1. The van der Waals surface area contributed by atoms with Gasteiger partial charge in [0.25, 0.3) is 0 Å². The standard InChI is InChI=1S/C21H24N4O2/c1-15-19(23-21(27-15)16-6-3-2-4-7-16)13-24(17-9-10-17)14-20(26)25-11-5-8-18(25)12-22/h2-4,6-7,17-18H,5,8-11,13-14H2,1H3/t18-/m0/s1. The molecule has 0 unspecified atom stereocenters. The zero-order chi connectivity index (χ0) is 18.8. The average molecular weight is 364 g/mol. The lowest BCUT2D eigenvalue weighted by Gasteiger charge is -2.25. The summed E-state index contributed by atoms with van der Waals surface area (Å²) in [5.74, 6) is 1.47. The molecule has 0 bridgehead atoms. The molecule has 6 nitrogen and oxygen atoms in total. The molecule has 2 heterocycles. The highest BCUT2D eigenvalue weighted by Crippen LogP contribution is 2.30. The second-order valence-electron chi connectivity index (χ2n) is 7.40. The smallest absolute Gasteiger partial charge is 0.237 e. The van der Waals surface area contributed by atoms with Gasteiger partial charge in [0, 0.05) is 24.7 Å². The zero-order valence-corrected chi connectivity index (χ0v) is 15.6. The number of hydrogen-bond acceptors (Lipinski definition) is 5. The summed E-state index contributed by atoms with van der Waals surface area (Å²) in [4.78, 5) is 21.4. The molecule has 1 aliphatic heterocycles. The van der Waals surface area contributed by atoms with E-state index in [0.29, 0.717) is 31.6 Å². The van der Waals surface area contributed by atoms with Gasteiger partial charge in [0.15, 0.2) is 0 Å². The minimum absolute atomic E-state index is 0.0513. The van der Waals surface area contributed by atoms with Crippen LogP contribution in [0.1, 0.15) is 37.1 Å². The number of aromatic nitrogens is 1. The molecule has 1 saturated carbocycles. The van der Waals surface area contributed by atoms with Crippen LogP contribution in [0.2, 0.25) is 0 Å². The SMILES string of the molecule is Cc1oc(-c2ccccc2)nc1CN(CC(=O)N1CCC[C@H]1C#N)C1CC1. The van der Waals surface area contributed by atoms with Crippen molar-refractivity contribution in [1.29, 1.82) is 5.26 Å². The van der Waals surface area contributed by atoms with Crippen LogP contribution in [-0.2, 0) is 11.3 Å². The van der Waals surface area contributed by atoms with Gasteiger partial charge in [0.2, 0.25) is 11.8 Å². The first-order valence-electron chi connectivity index (χ1n) is 9.60. The Hall–Kier alpha value is -2.65. The van der Waals surface area contributed by atoms with Gasteiger partial charge >= 0.3 is 0 Å². The molecule has 0 spiro atoms. The highest BCUT2D eigenvalue weighted by atomic mass is 16.4. The maximum Gasteiger partial charge on any atom is 0.237 e. The Morgan fingerprint density at radius 2 is 2.11 bits per heavy atom.